The van der Waals surface area contributed by atoms with E-state index < -0.39 is 0 Å². The summed E-state index contributed by atoms with van der Waals surface area (Å²) in [6, 6.07) is 2.41. The zero-order chi connectivity index (χ0) is 13.8. The summed E-state index contributed by atoms with van der Waals surface area (Å²) < 4.78 is 0. The average Bonchev–Trinajstić information content (AvgIpc) is 2.86. The van der Waals surface area contributed by atoms with Gasteiger partial charge in [-0.2, -0.15) is 0 Å². The second-order valence-electron chi connectivity index (χ2n) is 5.53. The van der Waals surface area contributed by atoms with Gasteiger partial charge in [-0.15, -0.1) is 11.3 Å². The Morgan fingerprint density at radius 2 is 2.37 bits per heavy atom. The summed E-state index contributed by atoms with van der Waals surface area (Å²) in [5, 5.41) is 2.14. The Morgan fingerprint density at radius 1 is 1.58 bits per heavy atom. The first-order chi connectivity index (χ1) is 9.13. The predicted molar refractivity (Wildman–Crippen MR) is 80.2 cm³/mol. The van der Waals surface area contributed by atoms with E-state index in [9.17, 15) is 4.79 Å². The Morgan fingerprint density at radius 3 is 3.11 bits per heavy atom. The second kappa shape index (κ2) is 6.53. The predicted octanol–water partition coefficient (Wildman–Crippen LogP) is 2.96. The van der Waals surface area contributed by atoms with Gasteiger partial charge < -0.3 is 10.6 Å². The molecule has 4 heteroatoms. The van der Waals surface area contributed by atoms with E-state index in [1.807, 2.05) is 16.2 Å². The van der Waals surface area contributed by atoms with Crippen LogP contribution in [0.5, 0.6) is 0 Å². The molecule has 106 valence electrons. The van der Waals surface area contributed by atoms with Gasteiger partial charge in [0.1, 0.15) is 0 Å². The van der Waals surface area contributed by atoms with E-state index in [1.54, 1.807) is 0 Å². The topological polar surface area (TPSA) is 46.3 Å². The molecule has 2 rings (SSSR count). The fourth-order valence-electron chi connectivity index (χ4n) is 2.79. The first-order valence-electron chi connectivity index (χ1n) is 7.19. The van der Waals surface area contributed by atoms with E-state index in [1.165, 1.54) is 10.4 Å². The summed E-state index contributed by atoms with van der Waals surface area (Å²) in [6.07, 6.45) is 3.64. The van der Waals surface area contributed by atoms with Gasteiger partial charge in [-0.1, -0.05) is 6.92 Å². The Bertz CT molecular complexity index is 430. The van der Waals surface area contributed by atoms with Crippen LogP contribution in [-0.4, -0.2) is 23.9 Å². The number of hydrogen-bond acceptors (Lipinski definition) is 3. The van der Waals surface area contributed by atoms with Gasteiger partial charge in [0.05, 0.1) is 6.04 Å². The quantitative estimate of drug-likeness (QED) is 0.901. The van der Waals surface area contributed by atoms with Gasteiger partial charge in [-0.25, -0.2) is 0 Å². The fourth-order valence-corrected chi connectivity index (χ4v) is 3.76. The number of hydrogen-bond donors (Lipinski definition) is 1. The van der Waals surface area contributed by atoms with Crippen molar-refractivity contribution in [3.05, 3.63) is 21.9 Å². The summed E-state index contributed by atoms with van der Waals surface area (Å²) in [7, 11) is 0. The lowest BCUT2D eigenvalue weighted by Gasteiger charge is -2.34. The highest BCUT2D eigenvalue weighted by atomic mass is 32.1. The number of amides is 1. The van der Waals surface area contributed by atoms with Gasteiger partial charge in [-0.3, -0.25) is 4.79 Å². The molecule has 0 fully saturated rings. The first kappa shape index (κ1) is 14.5. The molecule has 0 saturated heterocycles. The Kier molecular flexibility index (Phi) is 4.99. The molecule has 1 aliphatic rings. The SMILES string of the molecule is CC(CCN)CCC(=O)N1CCc2sccc2C1C. The van der Waals surface area contributed by atoms with Crippen molar-refractivity contribution in [1.82, 2.24) is 4.90 Å². The van der Waals surface area contributed by atoms with E-state index in [4.69, 9.17) is 5.73 Å². The van der Waals surface area contributed by atoms with Crippen LogP contribution in [0.2, 0.25) is 0 Å². The minimum Gasteiger partial charge on any atom is -0.336 e. The summed E-state index contributed by atoms with van der Waals surface area (Å²) in [5.74, 6) is 0.846. The van der Waals surface area contributed by atoms with Crippen LogP contribution in [0.3, 0.4) is 0 Å². The molecule has 2 unspecified atom stereocenters. The van der Waals surface area contributed by atoms with Crippen LogP contribution >= 0.6 is 11.3 Å². The van der Waals surface area contributed by atoms with Crippen molar-refractivity contribution in [3.8, 4) is 0 Å². The van der Waals surface area contributed by atoms with Gasteiger partial charge in [0.25, 0.3) is 0 Å². The first-order valence-corrected chi connectivity index (χ1v) is 8.07. The number of thiophene rings is 1. The van der Waals surface area contributed by atoms with Crippen molar-refractivity contribution in [3.63, 3.8) is 0 Å². The van der Waals surface area contributed by atoms with Crippen molar-refractivity contribution in [2.45, 2.75) is 45.6 Å². The average molecular weight is 280 g/mol. The third-order valence-corrected chi connectivity index (χ3v) is 5.10. The minimum atomic E-state index is 0.243. The number of nitrogens with two attached hydrogens (primary N) is 1. The molecular formula is C15H24N2OS. The third-order valence-electron chi connectivity index (χ3n) is 4.11. The molecule has 2 heterocycles. The molecule has 0 radical (unpaired) electrons. The summed E-state index contributed by atoms with van der Waals surface area (Å²) in [4.78, 5) is 15.8. The summed E-state index contributed by atoms with van der Waals surface area (Å²) in [6.45, 7) is 5.91. The zero-order valence-electron chi connectivity index (χ0n) is 11.9. The standard InChI is InChI=1S/C15H24N2OS/c1-11(5-8-16)3-4-15(18)17-9-6-14-13(12(17)2)7-10-19-14/h7,10-12H,3-6,8-9,16H2,1-2H3. The number of fused-ring (bicyclic) bond motifs is 1. The van der Waals surface area contributed by atoms with Crippen LogP contribution < -0.4 is 5.73 Å². The van der Waals surface area contributed by atoms with E-state index in [0.717, 1.165) is 25.8 Å². The molecule has 1 aromatic heterocycles. The molecule has 1 aromatic rings. The van der Waals surface area contributed by atoms with E-state index in [-0.39, 0.29) is 6.04 Å². The van der Waals surface area contributed by atoms with Crippen molar-refractivity contribution < 1.29 is 4.79 Å². The van der Waals surface area contributed by atoms with Crippen molar-refractivity contribution in [2.75, 3.05) is 13.1 Å². The lowest BCUT2D eigenvalue weighted by molar-refractivity contribution is -0.134. The normalized spacial score (nSPS) is 20.2. The minimum absolute atomic E-state index is 0.243. The molecule has 0 aromatic carbocycles. The molecule has 0 bridgehead atoms. The molecule has 19 heavy (non-hydrogen) atoms. The number of rotatable bonds is 5. The maximum Gasteiger partial charge on any atom is 0.223 e. The Balaban J connectivity index is 1.90. The molecule has 1 aliphatic heterocycles. The van der Waals surface area contributed by atoms with Crippen molar-refractivity contribution in [2.24, 2.45) is 11.7 Å². The molecule has 0 aliphatic carbocycles. The van der Waals surface area contributed by atoms with Gasteiger partial charge in [-0.05, 0) is 55.7 Å². The Hall–Kier alpha value is -0.870. The molecule has 3 nitrogen and oxygen atoms in total. The maximum absolute atomic E-state index is 12.3. The van der Waals surface area contributed by atoms with Crippen molar-refractivity contribution >= 4 is 17.2 Å². The summed E-state index contributed by atoms with van der Waals surface area (Å²) >= 11 is 1.82. The van der Waals surface area contributed by atoms with Crippen LogP contribution in [-0.2, 0) is 11.2 Å². The molecule has 2 N–H and O–H groups in total. The molecule has 0 saturated carbocycles. The fraction of sp³-hybridized carbons (Fsp3) is 0.667. The van der Waals surface area contributed by atoms with E-state index in [0.29, 0.717) is 24.8 Å². The number of nitrogens with zero attached hydrogens (tertiary/aromatic N) is 1. The molecule has 2 atom stereocenters. The van der Waals surface area contributed by atoms with Gasteiger partial charge in [0, 0.05) is 17.8 Å². The monoisotopic (exact) mass is 280 g/mol. The Labute approximate surface area is 119 Å². The highest BCUT2D eigenvalue weighted by molar-refractivity contribution is 7.10. The van der Waals surface area contributed by atoms with Gasteiger partial charge in [0.2, 0.25) is 5.91 Å². The number of carbonyl (C=O) groups excluding carboxylic acids is 1. The van der Waals surface area contributed by atoms with E-state index >= 15 is 0 Å². The van der Waals surface area contributed by atoms with Gasteiger partial charge >= 0.3 is 0 Å². The second-order valence-corrected chi connectivity index (χ2v) is 6.53. The van der Waals surface area contributed by atoms with Crippen LogP contribution in [0.25, 0.3) is 0 Å². The summed E-state index contributed by atoms with van der Waals surface area (Å²) in [5.41, 5.74) is 6.89. The van der Waals surface area contributed by atoms with Crippen molar-refractivity contribution in [1.29, 1.82) is 0 Å². The van der Waals surface area contributed by atoms with E-state index in [2.05, 4.69) is 25.3 Å². The smallest absolute Gasteiger partial charge is 0.223 e. The van der Waals surface area contributed by atoms with Crippen LogP contribution in [0.15, 0.2) is 11.4 Å². The van der Waals surface area contributed by atoms with Crippen LogP contribution in [0.1, 0.15) is 49.6 Å². The largest absolute Gasteiger partial charge is 0.336 e. The highest BCUT2D eigenvalue weighted by Gasteiger charge is 2.27. The molecule has 0 spiro atoms. The lowest BCUT2D eigenvalue weighted by Crippen LogP contribution is -2.38. The lowest BCUT2D eigenvalue weighted by atomic mass is 9.98. The van der Waals surface area contributed by atoms with Crippen LogP contribution in [0, 0.1) is 5.92 Å². The maximum atomic E-state index is 12.3. The third kappa shape index (κ3) is 3.37. The zero-order valence-corrected chi connectivity index (χ0v) is 12.7. The molecule has 1 amide bonds. The van der Waals surface area contributed by atoms with Crippen LogP contribution in [0.4, 0.5) is 0 Å². The van der Waals surface area contributed by atoms with Gasteiger partial charge in [0.15, 0.2) is 0 Å². The molecular weight excluding hydrogens is 256 g/mol. The number of carbonyl (C=O) groups is 1. The highest BCUT2D eigenvalue weighted by Crippen LogP contribution is 2.33.